The van der Waals surface area contributed by atoms with Gasteiger partial charge in [-0.05, 0) is 42.9 Å². The summed E-state index contributed by atoms with van der Waals surface area (Å²) in [5, 5.41) is 11.6. The van der Waals surface area contributed by atoms with Crippen LogP contribution in [-0.2, 0) is 6.54 Å². The van der Waals surface area contributed by atoms with Crippen LogP contribution in [0.25, 0.3) is 16.7 Å². The number of hydrogen-bond donors (Lipinski definition) is 1. The lowest BCUT2D eigenvalue weighted by atomic mass is 10.1. The number of rotatable bonds is 3. The highest BCUT2D eigenvalue weighted by Gasteiger charge is 2.10. The maximum absolute atomic E-state index is 4.26. The van der Waals surface area contributed by atoms with Gasteiger partial charge in [0.25, 0.3) is 0 Å². The average molecular weight is 317 g/mol. The molecule has 1 heterocycles. The molecule has 0 saturated heterocycles. The Kier molecular flexibility index (Phi) is 3.31. The van der Waals surface area contributed by atoms with E-state index in [1.54, 1.807) is 0 Å². The summed E-state index contributed by atoms with van der Waals surface area (Å²) < 4.78 is 2.94. The Labute approximate surface area is 119 Å². The van der Waals surface area contributed by atoms with Crippen molar-refractivity contribution >= 4 is 27.0 Å². The van der Waals surface area contributed by atoms with Crippen LogP contribution in [0.2, 0.25) is 0 Å². The van der Waals surface area contributed by atoms with E-state index < -0.39 is 0 Å². The van der Waals surface area contributed by atoms with Crippen molar-refractivity contribution in [3.8, 4) is 5.69 Å². The Morgan fingerprint density at radius 2 is 2.05 bits per heavy atom. The third kappa shape index (κ3) is 2.27. The summed E-state index contributed by atoms with van der Waals surface area (Å²) >= 11 is 3.51. The molecule has 3 rings (SSSR count). The third-order valence-corrected chi connectivity index (χ3v) is 3.48. The van der Waals surface area contributed by atoms with E-state index in [9.17, 15) is 0 Å². The molecule has 0 amide bonds. The van der Waals surface area contributed by atoms with E-state index in [1.165, 1.54) is 5.56 Å². The van der Waals surface area contributed by atoms with E-state index in [4.69, 9.17) is 0 Å². The Morgan fingerprint density at radius 1 is 1.21 bits per heavy atom. The number of nitrogens with one attached hydrogen (secondary N) is 1. The van der Waals surface area contributed by atoms with Crippen LogP contribution in [0, 0.1) is 0 Å². The Bertz CT molecular complexity index is 720. The van der Waals surface area contributed by atoms with E-state index >= 15 is 0 Å². The molecule has 0 bridgehead atoms. The van der Waals surface area contributed by atoms with Crippen LogP contribution < -0.4 is 5.32 Å². The van der Waals surface area contributed by atoms with Gasteiger partial charge >= 0.3 is 0 Å². The number of para-hydroxylation sites is 1. The lowest BCUT2D eigenvalue weighted by molar-refractivity contribution is 0.774. The first-order chi connectivity index (χ1) is 9.29. The molecule has 96 valence electrons. The molecule has 0 unspecified atom stereocenters. The van der Waals surface area contributed by atoms with Crippen molar-refractivity contribution < 1.29 is 0 Å². The Morgan fingerprint density at radius 3 is 2.89 bits per heavy atom. The van der Waals surface area contributed by atoms with Crippen LogP contribution >= 0.6 is 15.9 Å². The first-order valence-corrected chi connectivity index (χ1v) is 6.83. The second-order valence-corrected chi connectivity index (χ2v) is 5.21. The van der Waals surface area contributed by atoms with Crippen molar-refractivity contribution in [1.29, 1.82) is 0 Å². The predicted octanol–water partition coefficient (Wildman–Crippen LogP) is 2.90. The molecule has 1 N–H and O–H groups in total. The molecule has 0 aliphatic heterocycles. The summed E-state index contributed by atoms with van der Waals surface area (Å²) in [4.78, 5) is 0. The van der Waals surface area contributed by atoms with Crippen LogP contribution in [-0.4, -0.2) is 22.0 Å². The van der Waals surface area contributed by atoms with Gasteiger partial charge in [0, 0.05) is 11.0 Å². The SMILES string of the molecule is CNCc1cc(Br)ccc1-n1nnc2ccccc21. The standard InChI is InChI=1S/C14H13BrN4/c1-16-9-10-8-11(15)6-7-13(10)19-14-5-3-2-4-12(14)17-18-19/h2-8,16H,9H2,1H3. The fourth-order valence-corrected chi connectivity index (χ4v) is 2.55. The molecule has 0 atom stereocenters. The zero-order chi connectivity index (χ0) is 13.2. The van der Waals surface area contributed by atoms with E-state index in [2.05, 4.69) is 43.7 Å². The first-order valence-electron chi connectivity index (χ1n) is 6.03. The molecule has 0 radical (unpaired) electrons. The fourth-order valence-electron chi connectivity index (χ4n) is 2.14. The molecule has 3 aromatic rings. The van der Waals surface area contributed by atoms with Gasteiger partial charge in [0.05, 0.1) is 11.2 Å². The van der Waals surface area contributed by atoms with Crippen molar-refractivity contribution in [1.82, 2.24) is 20.3 Å². The zero-order valence-corrected chi connectivity index (χ0v) is 12.1. The van der Waals surface area contributed by atoms with Gasteiger partial charge in [-0.1, -0.05) is 33.3 Å². The largest absolute Gasteiger partial charge is 0.316 e. The number of aromatic nitrogens is 3. The Hall–Kier alpha value is -1.72. The molecule has 0 aliphatic rings. The highest BCUT2D eigenvalue weighted by atomic mass is 79.9. The monoisotopic (exact) mass is 316 g/mol. The van der Waals surface area contributed by atoms with Gasteiger partial charge in [-0.25, -0.2) is 4.68 Å². The topological polar surface area (TPSA) is 42.7 Å². The van der Waals surface area contributed by atoms with Crippen LogP contribution in [0.5, 0.6) is 0 Å². The molecule has 0 fully saturated rings. The Balaban J connectivity index is 2.21. The molecule has 2 aromatic carbocycles. The third-order valence-electron chi connectivity index (χ3n) is 2.99. The van der Waals surface area contributed by atoms with Gasteiger partial charge in [0.2, 0.25) is 0 Å². The van der Waals surface area contributed by atoms with E-state index in [0.29, 0.717) is 0 Å². The second-order valence-electron chi connectivity index (χ2n) is 4.29. The summed E-state index contributed by atoms with van der Waals surface area (Å²) in [6.07, 6.45) is 0. The molecular weight excluding hydrogens is 304 g/mol. The van der Waals surface area contributed by atoms with Gasteiger partial charge in [-0.15, -0.1) is 5.10 Å². The molecule has 5 heteroatoms. The molecule has 0 spiro atoms. The summed E-state index contributed by atoms with van der Waals surface area (Å²) in [5.41, 5.74) is 4.14. The minimum atomic E-state index is 0.781. The van der Waals surface area contributed by atoms with Crippen molar-refractivity contribution in [2.75, 3.05) is 7.05 Å². The predicted molar refractivity (Wildman–Crippen MR) is 79.3 cm³/mol. The van der Waals surface area contributed by atoms with Gasteiger partial charge in [0.15, 0.2) is 0 Å². The zero-order valence-electron chi connectivity index (χ0n) is 10.5. The minimum absolute atomic E-state index is 0.781. The van der Waals surface area contributed by atoms with E-state index in [1.807, 2.05) is 42.1 Å². The summed E-state index contributed by atoms with van der Waals surface area (Å²) in [6, 6.07) is 14.1. The lowest BCUT2D eigenvalue weighted by Gasteiger charge is -2.10. The van der Waals surface area contributed by atoms with E-state index in [0.717, 1.165) is 27.7 Å². The maximum atomic E-state index is 4.26. The number of fused-ring (bicyclic) bond motifs is 1. The quantitative estimate of drug-likeness (QED) is 0.808. The first kappa shape index (κ1) is 12.3. The van der Waals surface area contributed by atoms with Crippen LogP contribution in [0.1, 0.15) is 5.56 Å². The molecule has 0 aliphatic carbocycles. The van der Waals surface area contributed by atoms with Crippen molar-refractivity contribution in [3.05, 3.63) is 52.5 Å². The average Bonchev–Trinajstić information content (AvgIpc) is 2.83. The number of benzene rings is 2. The van der Waals surface area contributed by atoms with Gasteiger partial charge in [0.1, 0.15) is 5.52 Å². The normalized spacial score (nSPS) is 11.1. The van der Waals surface area contributed by atoms with E-state index in [-0.39, 0.29) is 0 Å². The van der Waals surface area contributed by atoms with Gasteiger partial charge < -0.3 is 5.32 Å². The molecule has 19 heavy (non-hydrogen) atoms. The van der Waals surface area contributed by atoms with Crippen molar-refractivity contribution in [2.24, 2.45) is 0 Å². The van der Waals surface area contributed by atoms with Gasteiger partial charge in [-0.3, -0.25) is 0 Å². The van der Waals surface area contributed by atoms with Crippen LogP contribution in [0.15, 0.2) is 46.9 Å². The van der Waals surface area contributed by atoms with Gasteiger partial charge in [-0.2, -0.15) is 0 Å². The van der Waals surface area contributed by atoms with Crippen molar-refractivity contribution in [2.45, 2.75) is 6.54 Å². The fraction of sp³-hybridized carbons (Fsp3) is 0.143. The maximum Gasteiger partial charge on any atom is 0.113 e. The molecule has 1 aromatic heterocycles. The van der Waals surface area contributed by atoms with Crippen molar-refractivity contribution in [3.63, 3.8) is 0 Å². The molecular formula is C14H13BrN4. The number of hydrogen-bond acceptors (Lipinski definition) is 3. The molecule has 0 saturated carbocycles. The molecule has 4 nitrogen and oxygen atoms in total. The lowest BCUT2D eigenvalue weighted by Crippen LogP contribution is -2.10. The smallest absolute Gasteiger partial charge is 0.113 e. The number of halogens is 1. The van der Waals surface area contributed by atoms with Crippen LogP contribution in [0.4, 0.5) is 0 Å². The summed E-state index contributed by atoms with van der Waals surface area (Å²) in [5.74, 6) is 0. The second kappa shape index (κ2) is 5.11. The highest BCUT2D eigenvalue weighted by Crippen LogP contribution is 2.22. The number of nitrogens with zero attached hydrogens (tertiary/aromatic N) is 3. The summed E-state index contributed by atoms with van der Waals surface area (Å²) in [6.45, 7) is 0.781. The highest BCUT2D eigenvalue weighted by molar-refractivity contribution is 9.10. The van der Waals surface area contributed by atoms with Crippen LogP contribution in [0.3, 0.4) is 0 Å². The minimum Gasteiger partial charge on any atom is -0.316 e. The summed E-state index contributed by atoms with van der Waals surface area (Å²) in [7, 11) is 1.93.